The van der Waals surface area contributed by atoms with Crippen LogP contribution < -0.4 is 0 Å². The van der Waals surface area contributed by atoms with Gasteiger partial charge in [0.15, 0.2) is 0 Å². The van der Waals surface area contributed by atoms with Crippen LogP contribution in [0.1, 0.15) is 5.69 Å². The Hall–Kier alpha value is -2.19. The Bertz CT molecular complexity index is 756. The second kappa shape index (κ2) is 4.24. The fourth-order valence-electron chi connectivity index (χ4n) is 1.89. The molecule has 0 unspecified atom stereocenters. The summed E-state index contributed by atoms with van der Waals surface area (Å²) in [5.74, 6) is 0.506. The van der Waals surface area contributed by atoms with Crippen LogP contribution in [0.2, 0.25) is 0 Å². The molecule has 0 radical (unpaired) electrons. The van der Waals surface area contributed by atoms with Gasteiger partial charge in [-0.25, -0.2) is 9.97 Å². The maximum atomic E-state index is 9.21. The van der Waals surface area contributed by atoms with E-state index >= 15 is 0 Å². The molecule has 3 aromatic rings. The van der Waals surface area contributed by atoms with Crippen molar-refractivity contribution in [3.63, 3.8) is 0 Å². The normalized spacial score (nSPS) is 10.4. The van der Waals surface area contributed by atoms with E-state index in [1.165, 1.54) is 0 Å². The van der Waals surface area contributed by atoms with E-state index in [1.54, 1.807) is 23.0 Å². The lowest BCUT2D eigenvalue weighted by Gasteiger charge is -2.03. The second-order valence-corrected chi connectivity index (χ2v) is 4.64. The molecule has 18 heavy (non-hydrogen) atoms. The zero-order valence-electron chi connectivity index (χ0n) is 9.21. The molecule has 0 amide bonds. The first-order chi connectivity index (χ1) is 8.79. The molecule has 0 bridgehead atoms. The molecule has 0 saturated carbocycles. The Kier molecular flexibility index (Phi) is 2.58. The fourth-order valence-corrected chi connectivity index (χ4v) is 2.27. The van der Waals surface area contributed by atoms with Crippen LogP contribution in [0, 0.1) is 11.3 Å². The largest absolute Gasteiger partial charge is 0.269 e. The summed E-state index contributed by atoms with van der Waals surface area (Å²) >= 11 is 3.42. The van der Waals surface area contributed by atoms with Crippen molar-refractivity contribution in [1.29, 1.82) is 5.26 Å². The number of rotatable bonds is 1. The topological polar surface area (TPSA) is 54.5 Å². The van der Waals surface area contributed by atoms with E-state index in [4.69, 9.17) is 0 Å². The molecule has 0 aliphatic carbocycles. The minimum Gasteiger partial charge on any atom is -0.269 e. The van der Waals surface area contributed by atoms with Gasteiger partial charge in [-0.05, 0) is 30.3 Å². The first-order valence-electron chi connectivity index (χ1n) is 5.28. The molecule has 0 aliphatic rings. The summed E-state index contributed by atoms with van der Waals surface area (Å²) in [5, 5.41) is 10.2. The fraction of sp³-hybridized carbons (Fsp3) is 0. The highest BCUT2D eigenvalue weighted by Crippen LogP contribution is 2.25. The highest BCUT2D eigenvalue weighted by Gasteiger charge is 2.11. The standard InChI is InChI=1S/C13H7BrN4/c14-10-2-3-12-9(6-10)7-11(8-15)18(12)13-16-4-1-5-17-13/h1-7H. The minimum absolute atomic E-state index is 0.506. The first-order valence-corrected chi connectivity index (χ1v) is 6.07. The zero-order valence-corrected chi connectivity index (χ0v) is 10.8. The Balaban J connectivity index is 2.38. The minimum atomic E-state index is 0.506. The number of nitriles is 1. The van der Waals surface area contributed by atoms with Crippen molar-refractivity contribution in [3.05, 3.63) is 52.9 Å². The Morgan fingerprint density at radius 2 is 1.94 bits per heavy atom. The summed E-state index contributed by atoms with van der Waals surface area (Å²) in [6, 6.07) is 11.6. The van der Waals surface area contributed by atoms with E-state index in [9.17, 15) is 5.26 Å². The average molecular weight is 299 g/mol. The first kappa shape index (κ1) is 10.9. The van der Waals surface area contributed by atoms with E-state index in [-0.39, 0.29) is 0 Å². The molecule has 0 fully saturated rings. The van der Waals surface area contributed by atoms with Crippen molar-refractivity contribution >= 4 is 26.8 Å². The number of aromatic nitrogens is 3. The maximum Gasteiger partial charge on any atom is 0.235 e. The van der Waals surface area contributed by atoms with E-state index in [0.717, 1.165) is 15.4 Å². The molecular weight excluding hydrogens is 292 g/mol. The molecule has 2 aromatic heterocycles. The Morgan fingerprint density at radius 1 is 1.17 bits per heavy atom. The quantitative estimate of drug-likeness (QED) is 0.694. The molecule has 3 rings (SSSR count). The summed E-state index contributed by atoms with van der Waals surface area (Å²) in [6.45, 7) is 0. The highest BCUT2D eigenvalue weighted by molar-refractivity contribution is 9.10. The molecule has 1 aromatic carbocycles. The van der Waals surface area contributed by atoms with Gasteiger partial charge in [-0.2, -0.15) is 5.26 Å². The van der Waals surface area contributed by atoms with Crippen molar-refractivity contribution in [2.45, 2.75) is 0 Å². The number of hydrogen-bond acceptors (Lipinski definition) is 3. The number of benzene rings is 1. The number of hydrogen-bond donors (Lipinski definition) is 0. The molecule has 0 saturated heterocycles. The monoisotopic (exact) mass is 298 g/mol. The Labute approximate surface area is 112 Å². The van der Waals surface area contributed by atoms with Crippen LogP contribution in [0.15, 0.2) is 47.2 Å². The van der Waals surface area contributed by atoms with Crippen LogP contribution >= 0.6 is 15.9 Å². The lowest BCUT2D eigenvalue weighted by Crippen LogP contribution is -2.01. The van der Waals surface area contributed by atoms with Crippen molar-refractivity contribution in [2.75, 3.05) is 0 Å². The summed E-state index contributed by atoms with van der Waals surface area (Å²) in [5.41, 5.74) is 1.44. The molecule has 0 aliphatic heterocycles. The number of fused-ring (bicyclic) bond motifs is 1. The van der Waals surface area contributed by atoms with Crippen molar-refractivity contribution in [2.24, 2.45) is 0 Å². The molecule has 5 heteroatoms. The molecule has 0 spiro atoms. The van der Waals surface area contributed by atoms with Crippen LogP contribution in [0.25, 0.3) is 16.9 Å². The van der Waals surface area contributed by atoms with Crippen molar-refractivity contribution < 1.29 is 0 Å². The van der Waals surface area contributed by atoms with Gasteiger partial charge in [0.2, 0.25) is 5.95 Å². The van der Waals surface area contributed by atoms with Gasteiger partial charge < -0.3 is 0 Å². The van der Waals surface area contributed by atoms with Crippen LogP contribution in [0.4, 0.5) is 0 Å². The summed E-state index contributed by atoms with van der Waals surface area (Å²) in [7, 11) is 0. The van der Waals surface area contributed by atoms with Gasteiger partial charge >= 0.3 is 0 Å². The molecule has 4 nitrogen and oxygen atoms in total. The van der Waals surface area contributed by atoms with E-state index in [1.807, 2.05) is 24.3 Å². The third-order valence-electron chi connectivity index (χ3n) is 2.63. The van der Waals surface area contributed by atoms with Crippen molar-refractivity contribution in [1.82, 2.24) is 14.5 Å². The molecule has 0 atom stereocenters. The zero-order chi connectivity index (χ0) is 12.5. The second-order valence-electron chi connectivity index (χ2n) is 3.73. The third kappa shape index (κ3) is 1.67. The van der Waals surface area contributed by atoms with Gasteiger partial charge in [0.25, 0.3) is 0 Å². The number of nitrogens with zero attached hydrogens (tertiary/aromatic N) is 4. The lowest BCUT2D eigenvalue weighted by molar-refractivity contribution is 0.948. The van der Waals surface area contributed by atoms with Gasteiger partial charge in [0, 0.05) is 22.3 Å². The van der Waals surface area contributed by atoms with Gasteiger partial charge in [0.1, 0.15) is 11.8 Å². The molecule has 86 valence electrons. The van der Waals surface area contributed by atoms with Crippen LogP contribution in [-0.4, -0.2) is 14.5 Å². The van der Waals surface area contributed by atoms with E-state index < -0.39 is 0 Å². The SMILES string of the molecule is N#Cc1cc2cc(Br)ccc2n1-c1ncccn1. The third-order valence-corrected chi connectivity index (χ3v) is 3.12. The van der Waals surface area contributed by atoms with Crippen LogP contribution in [-0.2, 0) is 0 Å². The molecule has 2 heterocycles. The lowest BCUT2D eigenvalue weighted by atomic mass is 10.2. The van der Waals surface area contributed by atoms with Crippen LogP contribution in [0.3, 0.4) is 0 Å². The van der Waals surface area contributed by atoms with Crippen LogP contribution in [0.5, 0.6) is 0 Å². The molecular formula is C13H7BrN4. The summed E-state index contributed by atoms with van der Waals surface area (Å²) < 4.78 is 2.73. The van der Waals surface area contributed by atoms with E-state index in [0.29, 0.717) is 11.6 Å². The number of halogens is 1. The molecule has 0 N–H and O–H groups in total. The highest BCUT2D eigenvalue weighted by atomic mass is 79.9. The smallest absolute Gasteiger partial charge is 0.235 e. The summed E-state index contributed by atoms with van der Waals surface area (Å²) in [4.78, 5) is 8.38. The van der Waals surface area contributed by atoms with Gasteiger partial charge in [0.05, 0.1) is 5.52 Å². The average Bonchev–Trinajstić information content (AvgIpc) is 2.77. The van der Waals surface area contributed by atoms with E-state index in [2.05, 4.69) is 32.0 Å². The van der Waals surface area contributed by atoms with Gasteiger partial charge in [-0.3, -0.25) is 4.57 Å². The van der Waals surface area contributed by atoms with Gasteiger partial charge in [-0.15, -0.1) is 0 Å². The predicted octanol–water partition coefficient (Wildman–Crippen LogP) is 3.05. The summed E-state index contributed by atoms with van der Waals surface area (Å²) in [6.07, 6.45) is 3.32. The predicted molar refractivity (Wildman–Crippen MR) is 71.3 cm³/mol. The van der Waals surface area contributed by atoms with Gasteiger partial charge in [-0.1, -0.05) is 15.9 Å². The van der Waals surface area contributed by atoms with Crippen molar-refractivity contribution in [3.8, 4) is 12.0 Å². The maximum absolute atomic E-state index is 9.21. The Morgan fingerprint density at radius 3 is 2.67 bits per heavy atom.